The van der Waals surface area contributed by atoms with Crippen molar-refractivity contribution in [2.45, 2.75) is 44.1 Å². The van der Waals surface area contributed by atoms with Gasteiger partial charge >= 0.3 is 0 Å². The van der Waals surface area contributed by atoms with Gasteiger partial charge in [-0.15, -0.1) is 0 Å². The highest BCUT2D eigenvalue weighted by molar-refractivity contribution is 5.42. The first-order valence-corrected chi connectivity index (χ1v) is 8.38. The fraction of sp³-hybridized carbons (Fsp3) is 0.444. The van der Waals surface area contributed by atoms with Crippen LogP contribution in [-0.2, 0) is 6.42 Å². The van der Waals surface area contributed by atoms with Crippen molar-refractivity contribution >= 4 is 11.8 Å². The van der Waals surface area contributed by atoms with E-state index in [9.17, 15) is 0 Å². The molecule has 5 heteroatoms. The van der Waals surface area contributed by atoms with E-state index in [1.54, 1.807) is 0 Å². The number of aromatic nitrogens is 2. The van der Waals surface area contributed by atoms with Gasteiger partial charge in [-0.05, 0) is 37.7 Å². The van der Waals surface area contributed by atoms with Gasteiger partial charge in [-0.1, -0.05) is 30.3 Å². The lowest BCUT2D eigenvalue weighted by Gasteiger charge is -2.32. The Bertz CT molecular complexity index is 623. The number of benzene rings is 1. The van der Waals surface area contributed by atoms with Crippen molar-refractivity contribution in [1.82, 2.24) is 9.97 Å². The maximum atomic E-state index is 5.85. The normalized spacial score (nSPS) is 20.0. The number of unbranched alkanes of at least 4 members (excludes halogenated alkanes) is 1. The summed E-state index contributed by atoms with van der Waals surface area (Å²) in [5.74, 6) is 1.61. The smallest absolute Gasteiger partial charge is 0.222 e. The summed E-state index contributed by atoms with van der Waals surface area (Å²) in [6.45, 7) is 0.896. The molecule has 0 atom stereocenters. The van der Waals surface area contributed by atoms with Gasteiger partial charge in [-0.25, -0.2) is 4.98 Å². The van der Waals surface area contributed by atoms with Crippen LogP contribution in [0.1, 0.15) is 42.9 Å². The topological polar surface area (TPSA) is 89.8 Å². The number of hydrogen-bond donors (Lipinski definition) is 3. The van der Waals surface area contributed by atoms with Gasteiger partial charge in [0.2, 0.25) is 5.95 Å². The summed E-state index contributed by atoms with van der Waals surface area (Å²) in [6, 6.07) is 12.9. The van der Waals surface area contributed by atoms with E-state index in [0.717, 1.165) is 50.2 Å². The van der Waals surface area contributed by atoms with Crippen molar-refractivity contribution in [3.8, 4) is 0 Å². The Balaban J connectivity index is 1.44. The van der Waals surface area contributed by atoms with E-state index in [0.29, 0.717) is 17.9 Å². The zero-order valence-electron chi connectivity index (χ0n) is 13.4. The van der Waals surface area contributed by atoms with E-state index in [1.165, 1.54) is 5.56 Å². The maximum absolute atomic E-state index is 5.85. The van der Waals surface area contributed by atoms with E-state index in [-0.39, 0.29) is 0 Å². The molecular formula is C18H25N5. The van der Waals surface area contributed by atoms with E-state index < -0.39 is 0 Å². The van der Waals surface area contributed by atoms with Crippen LogP contribution >= 0.6 is 0 Å². The number of aryl methyl sites for hydroxylation is 1. The second-order valence-electron chi connectivity index (χ2n) is 6.33. The van der Waals surface area contributed by atoms with Crippen molar-refractivity contribution in [2.24, 2.45) is 5.73 Å². The van der Waals surface area contributed by atoms with Crippen LogP contribution in [-0.4, -0.2) is 22.6 Å². The third kappa shape index (κ3) is 4.42. The van der Waals surface area contributed by atoms with Gasteiger partial charge in [0, 0.05) is 24.6 Å². The molecule has 1 aromatic carbocycles. The van der Waals surface area contributed by atoms with Crippen LogP contribution in [0.5, 0.6) is 0 Å². The van der Waals surface area contributed by atoms with E-state index in [4.69, 9.17) is 11.5 Å². The van der Waals surface area contributed by atoms with E-state index in [1.807, 2.05) is 6.07 Å². The molecule has 1 aromatic heterocycles. The minimum Gasteiger partial charge on any atom is -0.370 e. The zero-order valence-corrected chi connectivity index (χ0v) is 13.4. The standard InChI is InChI=1S/C18H25N5/c19-15-10-14(11-15)16-12-17(23-18(20)22-16)21-9-5-4-8-13-6-2-1-3-7-13/h1-3,6-7,12,14-15H,4-5,8-11,19H2,(H3,20,21,22,23). The molecule has 0 aliphatic heterocycles. The van der Waals surface area contributed by atoms with Crippen molar-refractivity contribution in [2.75, 3.05) is 17.6 Å². The minimum atomic E-state index is 0.311. The quantitative estimate of drug-likeness (QED) is 0.684. The van der Waals surface area contributed by atoms with Gasteiger partial charge in [0.1, 0.15) is 5.82 Å². The van der Waals surface area contributed by atoms with Crippen LogP contribution in [0, 0.1) is 0 Å². The lowest BCUT2D eigenvalue weighted by Crippen LogP contribution is -2.35. The van der Waals surface area contributed by atoms with Gasteiger partial charge in [-0.2, -0.15) is 4.98 Å². The summed E-state index contributed by atoms with van der Waals surface area (Å²) < 4.78 is 0. The Morgan fingerprint density at radius 3 is 2.61 bits per heavy atom. The lowest BCUT2D eigenvalue weighted by molar-refractivity contribution is 0.345. The Morgan fingerprint density at radius 1 is 1.09 bits per heavy atom. The average molecular weight is 311 g/mol. The SMILES string of the molecule is Nc1nc(NCCCCc2ccccc2)cc(C2CC(N)C2)n1. The number of nitrogens with zero attached hydrogens (tertiary/aromatic N) is 2. The Labute approximate surface area is 137 Å². The number of nitrogens with one attached hydrogen (secondary N) is 1. The molecule has 0 amide bonds. The summed E-state index contributed by atoms with van der Waals surface area (Å²) in [5.41, 5.74) is 14.1. The molecule has 1 fully saturated rings. The predicted octanol–water partition coefficient (Wildman–Crippen LogP) is 2.70. The molecule has 2 aromatic rings. The van der Waals surface area contributed by atoms with Crippen molar-refractivity contribution < 1.29 is 0 Å². The number of hydrogen-bond acceptors (Lipinski definition) is 5. The highest BCUT2D eigenvalue weighted by atomic mass is 15.1. The molecule has 0 unspecified atom stereocenters. The predicted molar refractivity (Wildman–Crippen MR) is 94.3 cm³/mol. The average Bonchev–Trinajstić information content (AvgIpc) is 2.52. The molecular weight excluding hydrogens is 286 g/mol. The summed E-state index contributed by atoms with van der Waals surface area (Å²) in [4.78, 5) is 8.62. The third-order valence-corrected chi connectivity index (χ3v) is 4.40. The molecule has 0 radical (unpaired) electrons. The first-order valence-electron chi connectivity index (χ1n) is 8.38. The molecule has 3 rings (SSSR count). The largest absolute Gasteiger partial charge is 0.370 e. The number of anilines is 2. The number of rotatable bonds is 7. The van der Waals surface area contributed by atoms with Crippen LogP contribution in [0.3, 0.4) is 0 Å². The van der Waals surface area contributed by atoms with Gasteiger partial charge in [-0.3, -0.25) is 0 Å². The molecule has 1 aliphatic rings. The molecule has 0 spiro atoms. The van der Waals surface area contributed by atoms with Gasteiger partial charge < -0.3 is 16.8 Å². The Kier molecular flexibility index (Phi) is 5.08. The zero-order chi connectivity index (χ0) is 16.1. The molecule has 5 nitrogen and oxygen atoms in total. The highest BCUT2D eigenvalue weighted by Crippen LogP contribution is 2.35. The molecule has 0 saturated heterocycles. The number of nitrogen functional groups attached to an aromatic ring is 1. The molecule has 1 heterocycles. The molecule has 0 bridgehead atoms. The fourth-order valence-electron chi connectivity index (χ4n) is 3.00. The Morgan fingerprint density at radius 2 is 1.87 bits per heavy atom. The van der Waals surface area contributed by atoms with Crippen LogP contribution < -0.4 is 16.8 Å². The summed E-state index contributed by atoms with van der Waals surface area (Å²) in [7, 11) is 0. The first-order chi connectivity index (χ1) is 11.2. The van der Waals surface area contributed by atoms with Crippen molar-refractivity contribution in [1.29, 1.82) is 0 Å². The highest BCUT2D eigenvalue weighted by Gasteiger charge is 2.28. The van der Waals surface area contributed by atoms with Crippen LogP contribution in [0.15, 0.2) is 36.4 Å². The summed E-state index contributed by atoms with van der Waals surface area (Å²) in [6.07, 6.45) is 5.35. The molecule has 1 aliphatic carbocycles. The monoisotopic (exact) mass is 311 g/mol. The van der Waals surface area contributed by atoms with E-state index >= 15 is 0 Å². The molecule has 23 heavy (non-hydrogen) atoms. The van der Waals surface area contributed by atoms with Gasteiger partial charge in [0.05, 0.1) is 5.69 Å². The first kappa shape index (κ1) is 15.7. The number of nitrogens with two attached hydrogens (primary N) is 2. The molecule has 122 valence electrons. The fourth-order valence-corrected chi connectivity index (χ4v) is 3.00. The van der Waals surface area contributed by atoms with Crippen LogP contribution in [0.4, 0.5) is 11.8 Å². The third-order valence-electron chi connectivity index (χ3n) is 4.40. The van der Waals surface area contributed by atoms with Crippen LogP contribution in [0.25, 0.3) is 0 Å². The molecule has 1 saturated carbocycles. The Hall–Kier alpha value is -2.14. The summed E-state index contributed by atoms with van der Waals surface area (Å²) >= 11 is 0. The second-order valence-corrected chi connectivity index (χ2v) is 6.33. The summed E-state index contributed by atoms with van der Waals surface area (Å²) in [5, 5.41) is 3.36. The van der Waals surface area contributed by atoms with Crippen LogP contribution in [0.2, 0.25) is 0 Å². The maximum Gasteiger partial charge on any atom is 0.222 e. The lowest BCUT2D eigenvalue weighted by atomic mass is 9.78. The minimum absolute atomic E-state index is 0.311. The van der Waals surface area contributed by atoms with E-state index in [2.05, 4.69) is 45.6 Å². The van der Waals surface area contributed by atoms with Crippen molar-refractivity contribution in [3.63, 3.8) is 0 Å². The molecule has 5 N–H and O–H groups in total. The van der Waals surface area contributed by atoms with Gasteiger partial charge in [0.25, 0.3) is 0 Å². The van der Waals surface area contributed by atoms with Crippen molar-refractivity contribution in [3.05, 3.63) is 47.7 Å². The second kappa shape index (κ2) is 7.42. The van der Waals surface area contributed by atoms with Gasteiger partial charge in [0.15, 0.2) is 0 Å².